The molecule has 5 aromatic carbocycles. The molecule has 1 nitrogen and oxygen atoms in total. The molecule has 0 aromatic heterocycles. The van der Waals surface area contributed by atoms with Crippen molar-refractivity contribution in [3.63, 3.8) is 0 Å². The normalized spacial score (nSPS) is 16.6. The second-order valence-corrected chi connectivity index (χ2v) is 11.7. The van der Waals surface area contributed by atoms with Crippen LogP contribution < -0.4 is 15.3 Å². The van der Waals surface area contributed by atoms with E-state index in [0.717, 1.165) is 18.5 Å². The van der Waals surface area contributed by atoms with Gasteiger partial charge in [-0.1, -0.05) is 134 Å². The topological polar surface area (TPSA) is 3.24 Å². The molecule has 8 rings (SSSR count). The molecule has 0 bridgehead atoms. The predicted octanol–water partition coefficient (Wildman–Crippen LogP) is 9.59. The zero-order valence-electron chi connectivity index (χ0n) is 25.1. The molecule has 1 heteroatoms. The second-order valence-electron chi connectivity index (χ2n) is 11.7. The molecule has 0 heterocycles. The lowest BCUT2D eigenvalue weighted by Gasteiger charge is -2.30. The van der Waals surface area contributed by atoms with Gasteiger partial charge in [0.1, 0.15) is 0 Å². The van der Waals surface area contributed by atoms with Crippen molar-refractivity contribution in [2.24, 2.45) is 5.92 Å². The predicted molar refractivity (Wildman–Crippen MR) is 191 cm³/mol. The Kier molecular flexibility index (Phi) is 7.08. The zero-order valence-corrected chi connectivity index (χ0v) is 25.1. The van der Waals surface area contributed by atoms with Crippen molar-refractivity contribution >= 4 is 39.9 Å². The molecular formula is C44H33N. The van der Waals surface area contributed by atoms with Crippen LogP contribution in [-0.2, 0) is 0 Å². The van der Waals surface area contributed by atoms with Crippen molar-refractivity contribution in [1.29, 1.82) is 0 Å². The molecule has 0 aliphatic heterocycles. The van der Waals surface area contributed by atoms with Gasteiger partial charge in [0.2, 0.25) is 0 Å². The summed E-state index contributed by atoms with van der Waals surface area (Å²) in [5, 5.41) is 5.06. The molecule has 0 radical (unpaired) electrons. The van der Waals surface area contributed by atoms with E-state index in [1.54, 1.807) is 0 Å². The molecule has 0 N–H and O–H groups in total. The highest BCUT2D eigenvalue weighted by Crippen LogP contribution is 2.37. The Morgan fingerprint density at radius 3 is 2.40 bits per heavy atom. The fourth-order valence-corrected chi connectivity index (χ4v) is 6.84. The Morgan fingerprint density at radius 1 is 0.689 bits per heavy atom. The van der Waals surface area contributed by atoms with Gasteiger partial charge in [0.15, 0.2) is 0 Å². The van der Waals surface area contributed by atoms with Crippen LogP contribution in [0.15, 0.2) is 169 Å². The van der Waals surface area contributed by atoms with Crippen molar-refractivity contribution in [3.8, 4) is 11.1 Å². The Bertz CT molecular complexity index is 2240. The third-order valence-corrected chi connectivity index (χ3v) is 9.06. The Hall–Kier alpha value is -5.62. The molecule has 0 saturated heterocycles. The van der Waals surface area contributed by atoms with Gasteiger partial charge in [-0.2, -0.15) is 0 Å². The minimum atomic E-state index is 0.297. The van der Waals surface area contributed by atoms with Gasteiger partial charge in [0.25, 0.3) is 0 Å². The minimum Gasteiger partial charge on any atom is -0.310 e. The highest BCUT2D eigenvalue weighted by Gasteiger charge is 2.22. The van der Waals surface area contributed by atoms with Gasteiger partial charge < -0.3 is 4.90 Å². The third-order valence-electron chi connectivity index (χ3n) is 9.06. The molecule has 0 saturated carbocycles. The Labute approximate surface area is 264 Å². The van der Waals surface area contributed by atoms with Crippen LogP contribution in [0.5, 0.6) is 0 Å². The summed E-state index contributed by atoms with van der Waals surface area (Å²) in [6.07, 6.45) is 22.2. The molecule has 1 atom stereocenters. The lowest BCUT2D eigenvalue weighted by molar-refractivity contribution is 0.829. The highest BCUT2D eigenvalue weighted by atomic mass is 15.2. The smallest absolute Gasteiger partial charge is 0.0536 e. The largest absolute Gasteiger partial charge is 0.310 e. The van der Waals surface area contributed by atoms with Gasteiger partial charge in [-0.3, -0.25) is 0 Å². The van der Waals surface area contributed by atoms with Gasteiger partial charge in [0.05, 0.1) is 5.70 Å². The van der Waals surface area contributed by atoms with E-state index in [4.69, 9.17) is 0 Å². The summed E-state index contributed by atoms with van der Waals surface area (Å²) in [6, 6.07) is 41.7. The van der Waals surface area contributed by atoms with Crippen molar-refractivity contribution < 1.29 is 0 Å². The molecule has 0 spiro atoms. The monoisotopic (exact) mass is 575 g/mol. The van der Waals surface area contributed by atoms with E-state index in [1.165, 1.54) is 60.4 Å². The molecule has 3 aliphatic rings. The second kappa shape index (κ2) is 11.8. The summed E-state index contributed by atoms with van der Waals surface area (Å²) >= 11 is 0. The minimum absolute atomic E-state index is 0.297. The van der Waals surface area contributed by atoms with E-state index in [1.807, 2.05) is 6.08 Å². The summed E-state index contributed by atoms with van der Waals surface area (Å²) in [5.74, 6) is 0.297. The Balaban J connectivity index is 1.21. The molecule has 45 heavy (non-hydrogen) atoms. The molecule has 0 amide bonds. The van der Waals surface area contributed by atoms with E-state index >= 15 is 0 Å². The van der Waals surface area contributed by atoms with Gasteiger partial charge in [-0.05, 0) is 93.1 Å². The molecule has 0 fully saturated rings. The first-order valence-corrected chi connectivity index (χ1v) is 15.8. The van der Waals surface area contributed by atoms with Crippen LogP contribution in [-0.4, -0.2) is 0 Å². The van der Waals surface area contributed by atoms with Crippen LogP contribution in [0.1, 0.15) is 24.0 Å². The van der Waals surface area contributed by atoms with E-state index < -0.39 is 0 Å². The molecule has 5 aromatic rings. The van der Waals surface area contributed by atoms with Gasteiger partial charge in [-0.15, -0.1) is 5.73 Å². The average Bonchev–Trinajstić information content (AvgIpc) is 3.46. The number of hydrogen-bond acceptors (Lipinski definition) is 1. The fourth-order valence-electron chi connectivity index (χ4n) is 6.84. The third kappa shape index (κ3) is 5.14. The lowest BCUT2D eigenvalue weighted by atomic mass is 9.85. The number of fused-ring (bicyclic) bond motifs is 3. The SMILES string of the molecule is C1=CC=C(C2C=CC(N(C3=c4ccccc4=CCC=C3)c3ccc(-c4cccc5ccccc45)cc3)=CC2)c2ccccc2C=1. The number of rotatable bonds is 5. The van der Waals surface area contributed by atoms with Crippen molar-refractivity contribution in [2.45, 2.75) is 12.8 Å². The van der Waals surface area contributed by atoms with Crippen LogP contribution in [0.2, 0.25) is 0 Å². The summed E-state index contributed by atoms with van der Waals surface area (Å²) in [6.45, 7) is 0. The van der Waals surface area contributed by atoms with Crippen molar-refractivity contribution in [3.05, 3.63) is 191 Å². The number of nitrogens with zero attached hydrogens (tertiary/aromatic N) is 1. The number of benzene rings is 5. The summed E-state index contributed by atoms with van der Waals surface area (Å²) in [5.41, 5.74) is 13.2. The number of allylic oxidation sites excluding steroid dienone is 7. The highest BCUT2D eigenvalue weighted by molar-refractivity contribution is 5.97. The van der Waals surface area contributed by atoms with Gasteiger partial charge in [-0.25, -0.2) is 0 Å². The number of anilines is 1. The van der Waals surface area contributed by atoms with E-state index in [9.17, 15) is 0 Å². The maximum absolute atomic E-state index is 3.32. The molecule has 1 unspecified atom stereocenters. The molecule has 214 valence electrons. The molecular weight excluding hydrogens is 542 g/mol. The van der Waals surface area contributed by atoms with Crippen molar-refractivity contribution in [2.75, 3.05) is 4.90 Å². The first-order valence-electron chi connectivity index (χ1n) is 15.8. The first-order chi connectivity index (χ1) is 22.3. The summed E-state index contributed by atoms with van der Waals surface area (Å²) in [4.78, 5) is 2.44. The van der Waals surface area contributed by atoms with Crippen LogP contribution in [0.25, 0.3) is 45.3 Å². The van der Waals surface area contributed by atoms with Crippen LogP contribution in [0.3, 0.4) is 0 Å². The summed E-state index contributed by atoms with van der Waals surface area (Å²) < 4.78 is 0. The zero-order chi connectivity index (χ0) is 30.0. The molecule has 3 aliphatic carbocycles. The van der Waals surface area contributed by atoms with Gasteiger partial charge >= 0.3 is 0 Å². The maximum atomic E-state index is 3.32. The lowest BCUT2D eigenvalue weighted by Crippen LogP contribution is -2.33. The average molecular weight is 576 g/mol. The fraction of sp³-hybridized carbons (Fsp3) is 0.0682. The maximum Gasteiger partial charge on any atom is 0.0536 e. The van der Waals surface area contributed by atoms with Crippen LogP contribution in [0.4, 0.5) is 5.69 Å². The van der Waals surface area contributed by atoms with E-state index in [-0.39, 0.29) is 0 Å². The van der Waals surface area contributed by atoms with Crippen molar-refractivity contribution in [1.82, 2.24) is 0 Å². The first kappa shape index (κ1) is 27.0. The van der Waals surface area contributed by atoms with Gasteiger partial charge in [0, 0.05) is 22.5 Å². The van der Waals surface area contributed by atoms with Crippen LogP contribution >= 0.6 is 0 Å². The Morgan fingerprint density at radius 2 is 1.49 bits per heavy atom. The van der Waals surface area contributed by atoms with E-state index in [2.05, 4.69) is 175 Å². The van der Waals surface area contributed by atoms with Crippen LogP contribution in [0, 0.1) is 5.92 Å². The number of hydrogen-bond donors (Lipinski definition) is 0. The standard InChI is InChI=1S/C44H33N/c1-6-18-39-32(12-1)13-2-8-20-41(39)35-24-28-37(29-25-35)45(44-23-10-5-16-34-15-4-9-21-43(34)44)38-30-26-36(27-31-38)42-22-11-17-33-14-3-7-19-40(33)42/h1,3-4,6-24,26-31,35H,5,25H2. The van der Waals surface area contributed by atoms with E-state index in [0.29, 0.717) is 5.92 Å². The summed E-state index contributed by atoms with van der Waals surface area (Å²) in [7, 11) is 0. The quantitative estimate of drug-likeness (QED) is 0.189.